The van der Waals surface area contributed by atoms with Gasteiger partial charge in [0.15, 0.2) is 0 Å². The van der Waals surface area contributed by atoms with E-state index in [1.54, 1.807) is 6.33 Å². The highest BCUT2D eigenvalue weighted by Gasteiger charge is 2.15. The van der Waals surface area contributed by atoms with Crippen molar-refractivity contribution < 1.29 is 0 Å². The van der Waals surface area contributed by atoms with Crippen molar-refractivity contribution in [2.45, 2.75) is 6.92 Å². The molecule has 1 aromatic rings. The summed E-state index contributed by atoms with van der Waals surface area (Å²) >= 11 is 0. The average molecular weight is 236 g/mol. The van der Waals surface area contributed by atoms with Crippen LogP contribution in [-0.4, -0.2) is 60.2 Å². The zero-order valence-electron chi connectivity index (χ0n) is 10.7. The molecule has 0 radical (unpaired) electrons. The van der Waals surface area contributed by atoms with Crippen LogP contribution in [0.5, 0.6) is 0 Å². The lowest BCUT2D eigenvalue weighted by atomic mass is 10.3. The minimum absolute atomic E-state index is 0.872. The van der Waals surface area contributed by atoms with Crippen molar-refractivity contribution >= 4 is 11.6 Å². The van der Waals surface area contributed by atoms with E-state index in [-0.39, 0.29) is 0 Å². The molecule has 1 aromatic heterocycles. The molecule has 1 saturated heterocycles. The molecule has 17 heavy (non-hydrogen) atoms. The fraction of sp³-hybridized carbons (Fsp3) is 0.636. The molecule has 0 spiro atoms. The number of piperazine rings is 1. The van der Waals surface area contributed by atoms with Gasteiger partial charge >= 0.3 is 0 Å². The first kappa shape index (κ1) is 12.1. The molecule has 1 aliphatic heterocycles. The first-order chi connectivity index (χ1) is 8.20. The largest absolute Gasteiger partial charge is 0.373 e. The number of hydrogen-bond acceptors (Lipinski definition) is 6. The summed E-state index contributed by atoms with van der Waals surface area (Å²) in [5.74, 6) is 1.76. The van der Waals surface area contributed by atoms with Crippen molar-refractivity contribution in [1.29, 1.82) is 0 Å². The molecule has 6 nitrogen and oxygen atoms in total. The lowest BCUT2D eigenvalue weighted by Gasteiger charge is -2.33. The SMILES string of the molecule is CNc1ncnc(NN2CCN(C)CC2)c1C. The van der Waals surface area contributed by atoms with Crippen molar-refractivity contribution in [2.75, 3.05) is 51.0 Å². The third kappa shape index (κ3) is 2.83. The third-order valence-electron chi connectivity index (χ3n) is 3.09. The monoisotopic (exact) mass is 236 g/mol. The predicted molar refractivity (Wildman–Crippen MR) is 69.0 cm³/mol. The van der Waals surface area contributed by atoms with E-state index in [2.05, 4.69) is 37.7 Å². The second-order valence-electron chi connectivity index (χ2n) is 4.35. The van der Waals surface area contributed by atoms with Crippen molar-refractivity contribution in [3.05, 3.63) is 11.9 Å². The molecule has 94 valence electrons. The highest BCUT2D eigenvalue weighted by molar-refractivity contribution is 5.55. The van der Waals surface area contributed by atoms with Gasteiger partial charge in [-0.1, -0.05) is 0 Å². The highest BCUT2D eigenvalue weighted by atomic mass is 15.5. The maximum atomic E-state index is 4.28. The number of likely N-dealkylation sites (N-methyl/N-ethyl adjacent to an activating group) is 1. The Bertz CT molecular complexity index is 372. The van der Waals surface area contributed by atoms with Gasteiger partial charge < -0.3 is 15.6 Å². The molecule has 0 atom stereocenters. The summed E-state index contributed by atoms with van der Waals surface area (Å²) < 4.78 is 0. The lowest BCUT2D eigenvalue weighted by molar-refractivity contribution is 0.178. The second kappa shape index (κ2) is 5.29. The first-order valence-electron chi connectivity index (χ1n) is 5.90. The summed E-state index contributed by atoms with van der Waals surface area (Å²) in [6, 6.07) is 0. The molecule has 0 aliphatic carbocycles. The third-order valence-corrected chi connectivity index (χ3v) is 3.09. The van der Waals surface area contributed by atoms with Crippen LogP contribution in [0.2, 0.25) is 0 Å². The van der Waals surface area contributed by atoms with Gasteiger partial charge in [0.05, 0.1) is 0 Å². The molecule has 2 rings (SSSR count). The van der Waals surface area contributed by atoms with Crippen LogP contribution in [0.1, 0.15) is 5.56 Å². The van der Waals surface area contributed by atoms with E-state index in [0.29, 0.717) is 0 Å². The van der Waals surface area contributed by atoms with Gasteiger partial charge in [0.25, 0.3) is 0 Å². The van der Waals surface area contributed by atoms with Gasteiger partial charge in [-0.25, -0.2) is 15.0 Å². The van der Waals surface area contributed by atoms with Crippen molar-refractivity contribution in [3.63, 3.8) is 0 Å². The van der Waals surface area contributed by atoms with Crippen LogP contribution in [0.15, 0.2) is 6.33 Å². The maximum absolute atomic E-state index is 4.28. The Morgan fingerprint density at radius 1 is 1.12 bits per heavy atom. The minimum atomic E-state index is 0.872. The molecule has 6 heteroatoms. The fourth-order valence-corrected chi connectivity index (χ4v) is 1.88. The molecule has 0 unspecified atom stereocenters. The summed E-state index contributed by atoms with van der Waals surface area (Å²) in [5, 5.41) is 5.27. The molecule has 1 fully saturated rings. The highest BCUT2D eigenvalue weighted by Crippen LogP contribution is 2.18. The van der Waals surface area contributed by atoms with E-state index < -0.39 is 0 Å². The molecular formula is C11H20N6. The Labute approximate surface area is 102 Å². The molecule has 0 amide bonds. The van der Waals surface area contributed by atoms with E-state index in [4.69, 9.17) is 0 Å². The second-order valence-corrected chi connectivity index (χ2v) is 4.35. The van der Waals surface area contributed by atoms with Crippen LogP contribution in [0.25, 0.3) is 0 Å². The van der Waals surface area contributed by atoms with E-state index in [1.807, 2.05) is 14.0 Å². The molecule has 0 saturated carbocycles. The quantitative estimate of drug-likeness (QED) is 0.792. The van der Waals surface area contributed by atoms with Crippen LogP contribution in [0.4, 0.5) is 11.6 Å². The summed E-state index contributed by atoms with van der Waals surface area (Å²) in [7, 11) is 4.02. The molecule has 2 N–H and O–H groups in total. The minimum Gasteiger partial charge on any atom is -0.373 e. The van der Waals surface area contributed by atoms with E-state index in [9.17, 15) is 0 Å². The topological polar surface area (TPSA) is 56.3 Å². The van der Waals surface area contributed by atoms with E-state index >= 15 is 0 Å². The molecule has 0 aromatic carbocycles. The molecule has 0 bridgehead atoms. The number of hydrazine groups is 1. The van der Waals surface area contributed by atoms with Crippen LogP contribution in [0.3, 0.4) is 0 Å². The van der Waals surface area contributed by atoms with E-state index in [1.165, 1.54) is 0 Å². The van der Waals surface area contributed by atoms with Crippen molar-refractivity contribution in [2.24, 2.45) is 0 Å². The zero-order valence-corrected chi connectivity index (χ0v) is 10.7. The molecule has 2 heterocycles. The standard InChI is InChI=1S/C11H20N6/c1-9-10(12-2)13-8-14-11(9)15-17-6-4-16(3)5-7-17/h8H,4-7H2,1-3H3,(H2,12,13,14,15). The lowest BCUT2D eigenvalue weighted by Crippen LogP contribution is -2.47. The number of nitrogens with zero attached hydrogens (tertiary/aromatic N) is 4. The Morgan fingerprint density at radius 2 is 1.76 bits per heavy atom. The van der Waals surface area contributed by atoms with Gasteiger partial charge in [0, 0.05) is 38.8 Å². The summed E-state index contributed by atoms with van der Waals surface area (Å²) in [5.41, 5.74) is 4.41. The van der Waals surface area contributed by atoms with Crippen molar-refractivity contribution in [3.8, 4) is 0 Å². The number of anilines is 2. The van der Waals surface area contributed by atoms with Crippen LogP contribution in [0, 0.1) is 6.92 Å². The Balaban J connectivity index is 2.03. The summed E-state index contributed by atoms with van der Waals surface area (Å²) in [6.45, 7) is 6.19. The van der Waals surface area contributed by atoms with Crippen LogP contribution < -0.4 is 10.7 Å². The van der Waals surface area contributed by atoms with E-state index in [0.717, 1.165) is 43.4 Å². The molecule has 1 aliphatic rings. The van der Waals surface area contributed by atoms with Crippen molar-refractivity contribution in [1.82, 2.24) is 19.9 Å². The first-order valence-corrected chi connectivity index (χ1v) is 5.90. The number of hydrogen-bond donors (Lipinski definition) is 2. The smallest absolute Gasteiger partial charge is 0.148 e. The maximum Gasteiger partial charge on any atom is 0.148 e. The average Bonchev–Trinajstić information content (AvgIpc) is 2.35. The Hall–Kier alpha value is -1.40. The predicted octanol–water partition coefficient (Wildman–Crippen LogP) is 0.401. The van der Waals surface area contributed by atoms with Gasteiger partial charge in [0.1, 0.15) is 18.0 Å². The number of rotatable bonds is 3. The normalized spacial score (nSPS) is 18.1. The van der Waals surface area contributed by atoms with Gasteiger partial charge in [-0.2, -0.15) is 0 Å². The van der Waals surface area contributed by atoms with Gasteiger partial charge in [-0.05, 0) is 14.0 Å². The zero-order chi connectivity index (χ0) is 12.3. The Morgan fingerprint density at radius 3 is 2.41 bits per heavy atom. The van der Waals surface area contributed by atoms with Crippen LogP contribution in [-0.2, 0) is 0 Å². The summed E-state index contributed by atoms with van der Waals surface area (Å²) in [6.07, 6.45) is 1.58. The summed E-state index contributed by atoms with van der Waals surface area (Å²) in [4.78, 5) is 10.8. The molecular weight excluding hydrogens is 216 g/mol. The van der Waals surface area contributed by atoms with Crippen LogP contribution >= 0.6 is 0 Å². The van der Waals surface area contributed by atoms with Gasteiger partial charge in [0.2, 0.25) is 0 Å². The number of aromatic nitrogens is 2. The fourth-order valence-electron chi connectivity index (χ4n) is 1.88. The van der Waals surface area contributed by atoms with Gasteiger partial charge in [-0.15, -0.1) is 0 Å². The Kier molecular flexibility index (Phi) is 3.75. The van der Waals surface area contributed by atoms with Gasteiger partial charge in [-0.3, -0.25) is 0 Å². The number of nitrogens with one attached hydrogen (secondary N) is 2.